The van der Waals surface area contributed by atoms with Crippen molar-refractivity contribution < 1.29 is 14.3 Å². The second-order valence-electron chi connectivity index (χ2n) is 8.86. The molecule has 2 atom stereocenters. The van der Waals surface area contributed by atoms with Crippen molar-refractivity contribution in [3.8, 4) is 5.75 Å². The molecule has 3 fully saturated rings. The Labute approximate surface area is 188 Å². The lowest BCUT2D eigenvalue weighted by atomic mass is 10.1. The Hall–Kier alpha value is -2.87. The van der Waals surface area contributed by atoms with E-state index in [9.17, 15) is 4.79 Å². The highest BCUT2D eigenvalue weighted by molar-refractivity contribution is 5.81. The molecule has 8 nitrogen and oxygen atoms in total. The highest BCUT2D eigenvalue weighted by Crippen LogP contribution is 2.30. The fourth-order valence-electron chi connectivity index (χ4n) is 4.25. The van der Waals surface area contributed by atoms with Crippen LogP contribution in [0.2, 0.25) is 0 Å². The molecule has 32 heavy (non-hydrogen) atoms. The number of rotatable bonds is 7. The molecule has 3 heterocycles. The van der Waals surface area contributed by atoms with Crippen LogP contribution in [0.25, 0.3) is 0 Å². The Morgan fingerprint density at radius 2 is 1.88 bits per heavy atom. The first-order valence-corrected chi connectivity index (χ1v) is 11.6. The Morgan fingerprint density at radius 3 is 2.62 bits per heavy atom. The van der Waals surface area contributed by atoms with Gasteiger partial charge in [0, 0.05) is 38.2 Å². The van der Waals surface area contributed by atoms with Crippen LogP contribution < -0.4 is 19.9 Å². The van der Waals surface area contributed by atoms with Crippen LogP contribution in [0.15, 0.2) is 36.5 Å². The Morgan fingerprint density at radius 1 is 1.09 bits per heavy atom. The van der Waals surface area contributed by atoms with Crippen molar-refractivity contribution in [1.29, 1.82) is 0 Å². The van der Waals surface area contributed by atoms with Gasteiger partial charge < -0.3 is 24.6 Å². The molecule has 1 amide bonds. The van der Waals surface area contributed by atoms with E-state index in [-0.39, 0.29) is 24.0 Å². The molecule has 5 rings (SSSR count). The van der Waals surface area contributed by atoms with Crippen LogP contribution in [-0.4, -0.2) is 61.4 Å². The molecule has 1 N–H and O–H groups in total. The van der Waals surface area contributed by atoms with Gasteiger partial charge in [-0.15, -0.1) is 0 Å². The van der Waals surface area contributed by atoms with E-state index in [0.29, 0.717) is 0 Å². The van der Waals surface area contributed by atoms with E-state index in [4.69, 9.17) is 14.5 Å². The average Bonchev–Trinajstić information content (AvgIpc) is 3.59. The number of nitrogens with zero attached hydrogens (tertiary/aromatic N) is 4. The highest BCUT2D eigenvalue weighted by atomic mass is 16.5. The van der Waals surface area contributed by atoms with E-state index < -0.39 is 0 Å². The molecule has 170 valence electrons. The van der Waals surface area contributed by atoms with Crippen LogP contribution in [0.1, 0.15) is 37.8 Å². The number of morpholine rings is 1. The van der Waals surface area contributed by atoms with E-state index in [1.54, 1.807) is 0 Å². The van der Waals surface area contributed by atoms with Gasteiger partial charge in [-0.2, -0.15) is 4.98 Å². The summed E-state index contributed by atoms with van der Waals surface area (Å²) in [5.41, 5.74) is 1.09. The van der Waals surface area contributed by atoms with Crippen molar-refractivity contribution in [2.75, 3.05) is 49.2 Å². The fraction of sp³-hybridized carbons (Fsp3) is 0.542. The molecule has 0 bridgehead atoms. The molecule has 0 radical (unpaired) electrons. The Kier molecular flexibility index (Phi) is 6.12. The van der Waals surface area contributed by atoms with E-state index in [0.717, 1.165) is 81.7 Å². The standard InChI is InChI=1S/C24H31N5O3/c1-17(26-23(30)19-2-3-19)18-4-6-20(7-5-18)32-21-9-11-29(16-21)22-8-10-25-24(27-22)28-12-14-31-15-13-28/h4-8,10,17,19,21H,2-3,9,11-16H2,1H3,(H,26,30)/t17-,21?/m0/s1. The number of hydrogen-bond donors (Lipinski definition) is 1. The van der Waals surface area contributed by atoms with Gasteiger partial charge in [0.15, 0.2) is 0 Å². The third-order valence-electron chi connectivity index (χ3n) is 6.38. The van der Waals surface area contributed by atoms with Gasteiger partial charge in [0.25, 0.3) is 0 Å². The largest absolute Gasteiger partial charge is 0.489 e. The van der Waals surface area contributed by atoms with Crippen molar-refractivity contribution in [2.45, 2.75) is 38.3 Å². The number of ether oxygens (including phenoxy) is 2. The molecule has 1 aromatic heterocycles. The van der Waals surface area contributed by atoms with Crippen molar-refractivity contribution in [3.63, 3.8) is 0 Å². The lowest BCUT2D eigenvalue weighted by Crippen LogP contribution is -2.37. The minimum Gasteiger partial charge on any atom is -0.489 e. The van der Waals surface area contributed by atoms with Gasteiger partial charge in [-0.3, -0.25) is 4.79 Å². The van der Waals surface area contributed by atoms with Crippen LogP contribution >= 0.6 is 0 Å². The molecule has 3 aliphatic rings. The summed E-state index contributed by atoms with van der Waals surface area (Å²) in [6.45, 7) is 6.83. The Balaban J connectivity index is 1.15. The normalized spacial score (nSPS) is 22.0. The number of nitrogens with one attached hydrogen (secondary N) is 1. The fourth-order valence-corrected chi connectivity index (χ4v) is 4.25. The van der Waals surface area contributed by atoms with E-state index >= 15 is 0 Å². The third kappa shape index (κ3) is 4.96. The summed E-state index contributed by atoms with van der Waals surface area (Å²) >= 11 is 0. The molecule has 0 spiro atoms. The molecule has 2 aliphatic heterocycles. The summed E-state index contributed by atoms with van der Waals surface area (Å²) < 4.78 is 11.7. The predicted octanol–water partition coefficient (Wildman–Crippen LogP) is 2.56. The van der Waals surface area contributed by atoms with Gasteiger partial charge in [-0.05, 0) is 43.5 Å². The summed E-state index contributed by atoms with van der Waals surface area (Å²) in [6.07, 6.45) is 4.95. The zero-order chi connectivity index (χ0) is 21.9. The number of benzene rings is 1. The second kappa shape index (κ2) is 9.32. The third-order valence-corrected chi connectivity index (χ3v) is 6.38. The molecule has 1 unspecified atom stereocenters. The average molecular weight is 438 g/mol. The van der Waals surface area contributed by atoms with Gasteiger partial charge in [-0.25, -0.2) is 4.98 Å². The SMILES string of the molecule is C[C@H](NC(=O)C1CC1)c1ccc(OC2CCN(c3ccnc(N4CCOCC4)n3)C2)cc1. The molecular weight excluding hydrogens is 406 g/mol. The van der Waals surface area contributed by atoms with Crippen LogP contribution in [-0.2, 0) is 9.53 Å². The monoisotopic (exact) mass is 437 g/mol. The van der Waals surface area contributed by atoms with E-state index in [2.05, 4.69) is 20.1 Å². The van der Waals surface area contributed by atoms with Crippen LogP contribution in [0.4, 0.5) is 11.8 Å². The number of hydrogen-bond acceptors (Lipinski definition) is 7. The number of anilines is 2. The van der Waals surface area contributed by atoms with Crippen LogP contribution in [0.5, 0.6) is 5.75 Å². The lowest BCUT2D eigenvalue weighted by molar-refractivity contribution is -0.122. The quantitative estimate of drug-likeness (QED) is 0.713. The number of amides is 1. The van der Waals surface area contributed by atoms with Crippen molar-refractivity contribution in [3.05, 3.63) is 42.1 Å². The van der Waals surface area contributed by atoms with Crippen molar-refractivity contribution in [1.82, 2.24) is 15.3 Å². The topological polar surface area (TPSA) is 79.8 Å². The summed E-state index contributed by atoms with van der Waals surface area (Å²) in [4.78, 5) is 25.7. The zero-order valence-corrected chi connectivity index (χ0v) is 18.6. The van der Waals surface area contributed by atoms with E-state index in [1.165, 1.54) is 0 Å². The highest BCUT2D eigenvalue weighted by Gasteiger charge is 2.30. The summed E-state index contributed by atoms with van der Waals surface area (Å²) in [7, 11) is 0. The molecule has 2 saturated heterocycles. The zero-order valence-electron chi connectivity index (χ0n) is 18.6. The van der Waals surface area contributed by atoms with Crippen LogP contribution in [0.3, 0.4) is 0 Å². The summed E-state index contributed by atoms with van der Waals surface area (Å²) in [5, 5.41) is 3.09. The van der Waals surface area contributed by atoms with E-state index in [1.807, 2.05) is 43.5 Å². The van der Waals surface area contributed by atoms with Crippen molar-refractivity contribution >= 4 is 17.7 Å². The Bertz CT molecular complexity index is 927. The number of carbonyl (C=O) groups excluding carboxylic acids is 1. The summed E-state index contributed by atoms with van der Waals surface area (Å²) in [5.74, 6) is 2.98. The summed E-state index contributed by atoms with van der Waals surface area (Å²) in [6, 6.07) is 10.1. The maximum Gasteiger partial charge on any atom is 0.227 e. The second-order valence-corrected chi connectivity index (χ2v) is 8.86. The molecule has 1 saturated carbocycles. The molecule has 2 aromatic rings. The first-order chi connectivity index (χ1) is 15.7. The molecule has 8 heteroatoms. The predicted molar refractivity (Wildman–Crippen MR) is 122 cm³/mol. The molecular formula is C24H31N5O3. The van der Waals surface area contributed by atoms with Gasteiger partial charge in [0.2, 0.25) is 11.9 Å². The van der Waals surface area contributed by atoms with Crippen molar-refractivity contribution in [2.24, 2.45) is 5.92 Å². The van der Waals surface area contributed by atoms with Gasteiger partial charge >= 0.3 is 0 Å². The maximum atomic E-state index is 12.0. The molecule has 1 aliphatic carbocycles. The number of aromatic nitrogens is 2. The lowest BCUT2D eigenvalue weighted by Gasteiger charge is -2.27. The number of carbonyl (C=O) groups is 1. The minimum atomic E-state index is 0.0116. The minimum absolute atomic E-state index is 0.0116. The first kappa shape index (κ1) is 21.0. The maximum absolute atomic E-state index is 12.0. The first-order valence-electron chi connectivity index (χ1n) is 11.6. The smallest absolute Gasteiger partial charge is 0.227 e. The van der Waals surface area contributed by atoms with Gasteiger partial charge in [-0.1, -0.05) is 12.1 Å². The van der Waals surface area contributed by atoms with Gasteiger partial charge in [0.1, 0.15) is 17.7 Å². The van der Waals surface area contributed by atoms with Crippen LogP contribution in [0, 0.1) is 5.92 Å². The molecule has 1 aromatic carbocycles. The van der Waals surface area contributed by atoms with Gasteiger partial charge in [0.05, 0.1) is 25.8 Å².